The standard InChI is InChI=1S/C27H34F3NO3/c1-2-18-6-10-22(11-7-18)34-24-12-9-21-8-5-20(14-23(21)26(24)27(28,29)30)17-31-13-3-4-19(16-31)15-25(32)33/h5,8-9,12,14,18-19,22H,2-4,6-7,10-11,13,15-17H2,1H3,(H,32,33). The first-order chi connectivity index (χ1) is 16.2. The molecule has 34 heavy (non-hydrogen) atoms. The maximum atomic E-state index is 14.3. The van der Waals surface area contributed by atoms with Crippen molar-refractivity contribution in [2.75, 3.05) is 13.1 Å². The average molecular weight is 478 g/mol. The molecule has 1 N–H and O–H groups in total. The third kappa shape index (κ3) is 6.04. The fourth-order valence-corrected chi connectivity index (χ4v) is 5.64. The van der Waals surface area contributed by atoms with E-state index in [0.717, 1.165) is 57.1 Å². The normalized spacial score (nSPS) is 24.3. The molecule has 1 saturated carbocycles. The number of nitrogens with zero attached hydrogens (tertiary/aromatic N) is 1. The molecule has 0 spiro atoms. The lowest BCUT2D eigenvalue weighted by atomic mass is 9.86. The molecule has 4 rings (SSSR count). The molecule has 0 aromatic heterocycles. The number of likely N-dealkylation sites (tertiary alicyclic amines) is 1. The van der Waals surface area contributed by atoms with Crippen LogP contribution in [0.3, 0.4) is 0 Å². The van der Waals surface area contributed by atoms with Gasteiger partial charge in [-0.25, -0.2) is 0 Å². The van der Waals surface area contributed by atoms with Crippen LogP contribution in [0.25, 0.3) is 10.8 Å². The third-order valence-corrected chi connectivity index (χ3v) is 7.47. The highest BCUT2D eigenvalue weighted by Crippen LogP contribution is 2.43. The van der Waals surface area contributed by atoms with Crippen LogP contribution in [0.1, 0.15) is 69.4 Å². The Bertz CT molecular complexity index is 999. The van der Waals surface area contributed by atoms with Crippen LogP contribution in [0.15, 0.2) is 30.3 Å². The minimum absolute atomic E-state index is 0.0726. The van der Waals surface area contributed by atoms with Crippen LogP contribution in [0, 0.1) is 11.8 Å². The molecule has 2 aliphatic rings. The van der Waals surface area contributed by atoms with E-state index in [4.69, 9.17) is 9.84 Å². The van der Waals surface area contributed by atoms with E-state index in [1.807, 2.05) is 6.07 Å². The molecule has 1 aliphatic carbocycles. The Morgan fingerprint density at radius 3 is 2.50 bits per heavy atom. The Balaban J connectivity index is 1.57. The van der Waals surface area contributed by atoms with Crippen LogP contribution in [-0.4, -0.2) is 35.2 Å². The van der Waals surface area contributed by atoms with Gasteiger partial charge in [0.25, 0.3) is 0 Å². The minimum Gasteiger partial charge on any atom is -0.490 e. The molecule has 1 atom stereocenters. The van der Waals surface area contributed by atoms with E-state index in [0.29, 0.717) is 24.4 Å². The number of carboxylic acids is 1. The zero-order chi connectivity index (χ0) is 24.3. The molecule has 7 heteroatoms. The molecule has 0 amide bonds. The van der Waals surface area contributed by atoms with Gasteiger partial charge in [0, 0.05) is 19.5 Å². The van der Waals surface area contributed by atoms with E-state index < -0.39 is 17.7 Å². The van der Waals surface area contributed by atoms with Crippen molar-refractivity contribution in [2.24, 2.45) is 11.8 Å². The first-order valence-corrected chi connectivity index (χ1v) is 12.5. The Labute approximate surface area is 199 Å². The van der Waals surface area contributed by atoms with Crippen LogP contribution in [0.5, 0.6) is 5.75 Å². The summed E-state index contributed by atoms with van der Waals surface area (Å²) in [6, 6.07) is 8.44. The average Bonchev–Trinajstić information content (AvgIpc) is 2.78. The second kappa shape index (κ2) is 10.5. The second-order valence-electron chi connectivity index (χ2n) is 10.0. The van der Waals surface area contributed by atoms with Crippen LogP contribution < -0.4 is 4.74 Å². The first kappa shape index (κ1) is 24.8. The summed E-state index contributed by atoms with van der Waals surface area (Å²) in [6.45, 7) is 4.14. The number of carboxylic acid groups (broad SMARTS) is 1. The SMILES string of the molecule is CCC1CCC(Oc2ccc3ccc(CN4CCCC(CC(=O)O)C4)cc3c2C(F)(F)F)CC1. The quantitative estimate of drug-likeness (QED) is 0.472. The number of halogens is 3. The molecule has 0 bridgehead atoms. The number of hydrogen-bond acceptors (Lipinski definition) is 3. The van der Waals surface area contributed by atoms with Gasteiger partial charge < -0.3 is 9.84 Å². The predicted octanol–water partition coefficient (Wildman–Crippen LogP) is 6.89. The van der Waals surface area contributed by atoms with Gasteiger partial charge in [0.15, 0.2) is 0 Å². The van der Waals surface area contributed by atoms with Crippen LogP contribution >= 0.6 is 0 Å². The van der Waals surface area contributed by atoms with Crippen molar-refractivity contribution < 1.29 is 27.8 Å². The number of fused-ring (bicyclic) bond motifs is 1. The molecule has 1 heterocycles. The summed E-state index contributed by atoms with van der Waals surface area (Å²) < 4.78 is 48.8. The number of carbonyl (C=O) groups is 1. The number of alkyl halides is 3. The summed E-state index contributed by atoms with van der Waals surface area (Å²) in [4.78, 5) is 13.2. The van der Waals surface area contributed by atoms with E-state index in [2.05, 4.69) is 11.8 Å². The molecule has 2 aromatic rings. The molecule has 0 radical (unpaired) electrons. The summed E-state index contributed by atoms with van der Waals surface area (Å²) in [5.41, 5.74) is 0.112. The van der Waals surface area contributed by atoms with Gasteiger partial charge in [0.05, 0.1) is 6.10 Å². The van der Waals surface area contributed by atoms with Crippen molar-refractivity contribution >= 4 is 16.7 Å². The molecule has 1 aliphatic heterocycles. The number of ether oxygens (including phenoxy) is 1. The zero-order valence-corrected chi connectivity index (χ0v) is 19.7. The van der Waals surface area contributed by atoms with Gasteiger partial charge >= 0.3 is 12.1 Å². The van der Waals surface area contributed by atoms with Crippen molar-refractivity contribution in [3.8, 4) is 5.75 Å². The molecular formula is C27H34F3NO3. The molecule has 2 fully saturated rings. The van der Waals surface area contributed by atoms with E-state index in [9.17, 15) is 18.0 Å². The lowest BCUT2D eigenvalue weighted by Gasteiger charge is -2.32. The van der Waals surface area contributed by atoms with Gasteiger partial charge in [0.2, 0.25) is 0 Å². The van der Waals surface area contributed by atoms with E-state index in [1.165, 1.54) is 6.07 Å². The van der Waals surface area contributed by atoms with Crippen molar-refractivity contribution in [3.63, 3.8) is 0 Å². The van der Waals surface area contributed by atoms with Gasteiger partial charge in [0.1, 0.15) is 11.3 Å². The van der Waals surface area contributed by atoms with Crippen molar-refractivity contribution in [1.29, 1.82) is 0 Å². The Kier molecular flexibility index (Phi) is 7.70. The second-order valence-corrected chi connectivity index (χ2v) is 10.0. The molecular weight excluding hydrogens is 443 g/mol. The highest BCUT2D eigenvalue weighted by atomic mass is 19.4. The maximum absolute atomic E-state index is 14.3. The summed E-state index contributed by atoms with van der Waals surface area (Å²) in [5, 5.41) is 9.81. The highest BCUT2D eigenvalue weighted by molar-refractivity contribution is 5.89. The number of aliphatic carboxylic acids is 1. The van der Waals surface area contributed by atoms with Crippen LogP contribution in [0.4, 0.5) is 13.2 Å². The Morgan fingerprint density at radius 1 is 1.09 bits per heavy atom. The van der Waals surface area contributed by atoms with Gasteiger partial charge in [-0.3, -0.25) is 9.69 Å². The maximum Gasteiger partial charge on any atom is 0.420 e. The summed E-state index contributed by atoms with van der Waals surface area (Å²) in [5.74, 6) is -0.147. The summed E-state index contributed by atoms with van der Waals surface area (Å²) in [7, 11) is 0. The van der Waals surface area contributed by atoms with Crippen molar-refractivity contribution in [2.45, 2.75) is 77.1 Å². The first-order valence-electron chi connectivity index (χ1n) is 12.5. The van der Waals surface area contributed by atoms with E-state index >= 15 is 0 Å². The summed E-state index contributed by atoms with van der Waals surface area (Å²) in [6.07, 6.45) is 1.89. The monoisotopic (exact) mass is 477 g/mol. The van der Waals surface area contributed by atoms with Gasteiger partial charge in [-0.1, -0.05) is 31.5 Å². The van der Waals surface area contributed by atoms with Crippen LogP contribution in [-0.2, 0) is 17.5 Å². The Hall–Kier alpha value is -2.28. The third-order valence-electron chi connectivity index (χ3n) is 7.47. The van der Waals surface area contributed by atoms with E-state index in [1.54, 1.807) is 18.2 Å². The van der Waals surface area contributed by atoms with Crippen molar-refractivity contribution in [3.05, 3.63) is 41.5 Å². The number of benzene rings is 2. The van der Waals surface area contributed by atoms with Gasteiger partial charge in [-0.15, -0.1) is 0 Å². The molecule has 1 unspecified atom stereocenters. The van der Waals surface area contributed by atoms with Gasteiger partial charge in [-0.05, 0) is 85.4 Å². The smallest absolute Gasteiger partial charge is 0.420 e. The van der Waals surface area contributed by atoms with Crippen molar-refractivity contribution in [1.82, 2.24) is 4.90 Å². The molecule has 186 valence electrons. The molecule has 2 aromatic carbocycles. The lowest BCUT2D eigenvalue weighted by Crippen LogP contribution is -2.35. The molecule has 1 saturated heterocycles. The zero-order valence-electron chi connectivity index (χ0n) is 19.7. The minimum atomic E-state index is -4.52. The molecule has 4 nitrogen and oxygen atoms in total. The fourth-order valence-electron chi connectivity index (χ4n) is 5.64. The predicted molar refractivity (Wildman–Crippen MR) is 126 cm³/mol. The summed E-state index contributed by atoms with van der Waals surface area (Å²) >= 11 is 0. The largest absolute Gasteiger partial charge is 0.490 e. The van der Waals surface area contributed by atoms with E-state index in [-0.39, 0.29) is 29.6 Å². The number of rotatable bonds is 7. The number of piperidine rings is 1. The van der Waals surface area contributed by atoms with Crippen LogP contribution in [0.2, 0.25) is 0 Å². The lowest BCUT2D eigenvalue weighted by molar-refractivity contribution is -0.139. The van der Waals surface area contributed by atoms with Gasteiger partial charge in [-0.2, -0.15) is 13.2 Å². The Morgan fingerprint density at radius 2 is 1.82 bits per heavy atom. The highest BCUT2D eigenvalue weighted by Gasteiger charge is 2.37. The fraction of sp³-hybridized carbons (Fsp3) is 0.593. The topological polar surface area (TPSA) is 49.8 Å². The number of hydrogen-bond donors (Lipinski definition) is 1.